The predicted molar refractivity (Wildman–Crippen MR) is 97.8 cm³/mol. The molecule has 0 radical (unpaired) electrons. The van der Waals surface area contributed by atoms with Gasteiger partial charge in [0, 0.05) is 22.5 Å². The molecule has 0 aliphatic carbocycles. The van der Waals surface area contributed by atoms with Crippen molar-refractivity contribution in [3.63, 3.8) is 0 Å². The molecule has 2 aromatic carbocycles. The van der Waals surface area contributed by atoms with E-state index in [2.05, 4.69) is 15.8 Å². The highest BCUT2D eigenvalue weighted by Crippen LogP contribution is 2.25. The van der Waals surface area contributed by atoms with Crippen LogP contribution < -0.4 is 10.6 Å². The summed E-state index contributed by atoms with van der Waals surface area (Å²) in [5, 5.41) is 9.15. The highest BCUT2D eigenvalue weighted by Gasteiger charge is 2.20. The van der Waals surface area contributed by atoms with Gasteiger partial charge in [-0.1, -0.05) is 29.4 Å². The van der Waals surface area contributed by atoms with Crippen LogP contribution in [0, 0.1) is 6.92 Å². The zero-order valence-electron chi connectivity index (χ0n) is 14.4. The van der Waals surface area contributed by atoms with Gasteiger partial charge in [0.2, 0.25) is 5.91 Å². The molecule has 0 atom stereocenters. The summed E-state index contributed by atoms with van der Waals surface area (Å²) in [4.78, 5) is 36.5. The van der Waals surface area contributed by atoms with E-state index in [1.807, 2.05) is 0 Å². The van der Waals surface area contributed by atoms with E-state index in [1.54, 1.807) is 49.4 Å². The molecule has 0 unspecified atom stereocenters. The zero-order chi connectivity index (χ0) is 19.0. The Bertz CT molecular complexity index is 1080. The molecule has 2 amide bonds. The summed E-state index contributed by atoms with van der Waals surface area (Å²) in [5.41, 5.74) is 3.75. The van der Waals surface area contributed by atoms with Gasteiger partial charge in [-0.3, -0.25) is 14.4 Å². The zero-order valence-corrected chi connectivity index (χ0v) is 14.4. The van der Waals surface area contributed by atoms with Crippen LogP contribution in [0.15, 0.2) is 53.3 Å². The lowest BCUT2D eigenvalue weighted by atomic mass is 10.0. The summed E-state index contributed by atoms with van der Waals surface area (Å²) >= 11 is 0. The summed E-state index contributed by atoms with van der Waals surface area (Å²) in [5.74, 6) is -0.641. The lowest BCUT2D eigenvalue weighted by Gasteiger charge is -2.08. The van der Waals surface area contributed by atoms with Crippen molar-refractivity contribution in [3.05, 3.63) is 76.7 Å². The van der Waals surface area contributed by atoms with E-state index in [0.717, 1.165) is 5.56 Å². The number of amides is 2. The van der Waals surface area contributed by atoms with Crippen molar-refractivity contribution < 1.29 is 18.9 Å². The Morgan fingerprint density at radius 3 is 2.74 bits per heavy atom. The maximum absolute atomic E-state index is 12.8. The number of aromatic nitrogens is 1. The van der Waals surface area contributed by atoms with E-state index in [0.29, 0.717) is 40.2 Å². The third-order valence-electron chi connectivity index (χ3n) is 4.37. The molecule has 1 aliphatic heterocycles. The number of anilines is 2. The molecule has 0 fully saturated rings. The van der Waals surface area contributed by atoms with Crippen molar-refractivity contribution in [2.45, 2.75) is 13.3 Å². The SMILES string of the molecule is Cc1nocc1C(=O)Nc1cccc(C(=O)c2ccc3c(c2)NC(=O)C3)c1. The Morgan fingerprint density at radius 1 is 1.15 bits per heavy atom. The van der Waals surface area contributed by atoms with E-state index in [1.165, 1.54) is 6.26 Å². The standard InChI is InChI=1S/C20H15N3O4/c1-11-16(10-27-23-11)20(26)21-15-4-2-3-13(7-15)19(25)14-6-5-12-9-18(24)22-17(12)8-14/h2-8,10H,9H2,1H3,(H,21,26)(H,22,24). The van der Waals surface area contributed by atoms with Gasteiger partial charge in [0.25, 0.3) is 5.91 Å². The normalized spacial score (nSPS) is 12.4. The van der Waals surface area contributed by atoms with Crippen LogP contribution in [0.25, 0.3) is 0 Å². The Balaban J connectivity index is 1.56. The smallest absolute Gasteiger partial charge is 0.260 e. The number of nitrogens with zero attached hydrogens (tertiary/aromatic N) is 1. The highest BCUT2D eigenvalue weighted by atomic mass is 16.5. The van der Waals surface area contributed by atoms with Crippen LogP contribution in [0.1, 0.15) is 37.5 Å². The third kappa shape index (κ3) is 3.22. The fourth-order valence-corrected chi connectivity index (χ4v) is 2.97. The molecule has 1 aliphatic rings. The molecule has 1 aromatic heterocycles. The molecular formula is C20H15N3O4. The monoisotopic (exact) mass is 361 g/mol. The molecule has 0 saturated heterocycles. The van der Waals surface area contributed by atoms with Crippen LogP contribution in [-0.2, 0) is 11.2 Å². The Kier molecular flexibility index (Phi) is 4.04. The highest BCUT2D eigenvalue weighted by molar-refractivity contribution is 6.12. The van der Waals surface area contributed by atoms with Crippen LogP contribution >= 0.6 is 0 Å². The van der Waals surface area contributed by atoms with Crippen LogP contribution in [0.4, 0.5) is 11.4 Å². The summed E-state index contributed by atoms with van der Waals surface area (Å²) in [6, 6.07) is 11.8. The quantitative estimate of drug-likeness (QED) is 0.696. The molecular weight excluding hydrogens is 346 g/mol. The van der Waals surface area contributed by atoms with Gasteiger partial charge in [-0.05, 0) is 30.7 Å². The van der Waals surface area contributed by atoms with Crippen molar-refractivity contribution in [1.82, 2.24) is 5.16 Å². The average molecular weight is 361 g/mol. The van der Waals surface area contributed by atoms with Gasteiger partial charge in [-0.15, -0.1) is 0 Å². The topological polar surface area (TPSA) is 101 Å². The second kappa shape index (κ2) is 6.53. The lowest BCUT2D eigenvalue weighted by molar-refractivity contribution is -0.115. The number of hydrogen-bond acceptors (Lipinski definition) is 5. The molecule has 4 rings (SSSR count). The number of ketones is 1. The molecule has 0 bridgehead atoms. The Labute approximate surface area is 154 Å². The number of carbonyl (C=O) groups is 3. The number of rotatable bonds is 4. The van der Waals surface area contributed by atoms with Crippen LogP contribution in [0.3, 0.4) is 0 Å². The number of benzene rings is 2. The van der Waals surface area contributed by atoms with Crippen LogP contribution in [-0.4, -0.2) is 22.8 Å². The first-order chi connectivity index (χ1) is 13.0. The number of fused-ring (bicyclic) bond motifs is 1. The second-order valence-corrected chi connectivity index (χ2v) is 6.27. The molecule has 0 spiro atoms. The molecule has 3 aromatic rings. The number of nitrogens with one attached hydrogen (secondary N) is 2. The van der Waals surface area contributed by atoms with Gasteiger partial charge < -0.3 is 15.2 Å². The summed E-state index contributed by atoms with van der Waals surface area (Å²) in [6.45, 7) is 1.67. The Morgan fingerprint density at radius 2 is 1.96 bits per heavy atom. The van der Waals surface area contributed by atoms with E-state index >= 15 is 0 Å². The number of carbonyl (C=O) groups excluding carboxylic acids is 3. The maximum atomic E-state index is 12.8. The van der Waals surface area contributed by atoms with Gasteiger partial charge in [-0.25, -0.2) is 0 Å². The molecule has 134 valence electrons. The molecule has 27 heavy (non-hydrogen) atoms. The van der Waals surface area contributed by atoms with Gasteiger partial charge in [-0.2, -0.15) is 0 Å². The second-order valence-electron chi connectivity index (χ2n) is 6.27. The molecule has 2 heterocycles. The summed E-state index contributed by atoms with van der Waals surface area (Å²) in [7, 11) is 0. The predicted octanol–water partition coefficient (Wildman–Crippen LogP) is 2.96. The van der Waals surface area contributed by atoms with Crippen LogP contribution in [0.2, 0.25) is 0 Å². The van der Waals surface area contributed by atoms with Gasteiger partial charge in [0.15, 0.2) is 5.78 Å². The molecule has 0 saturated carbocycles. The largest absolute Gasteiger partial charge is 0.364 e. The van der Waals surface area contributed by atoms with E-state index in [4.69, 9.17) is 4.52 Å². The third-order valence-corrected chi connectivity index (χ3v) is 4.37. The van der Waals surface area contributed by atoms with Gasteiger partial charge >= 0.3 is 0 Å². The fraction of sp³-hybridized carbons (Fsp3) is 0.100. The number of hydrogen-bond donors (Lipinski definition) is 2. The first-order valence-electron chi connectivity index (χ1n) is 8.31. The lowest BCUT2D eigenvalue weighted by Crippen LogP contribution is -2.13. The van der Waals surface area contributed by atoms with Crippen molar-refractivity contribution in [2.24, 2.45) is 0 Å². The van der Waals surface area contributed by atoms with Gasteiger partial charge in [0.05, 0.1) is 12.1 Å². The summed E-state index contributed by atoms with van der Waals surface area (Å²) in [6.07, 6.45) is 1.60. The first kappa shape index (κ1) is 16.7. The molecule has 2 N–H and O–H groups in total. The minimum atomic E-state index is -0.362. The van der Waals surface area contributed by atoms with Crippen molar-refractivity contribution in [3.8, 4) is 0 Å². The van der Waals surface area contributed by atoms with E-state index in [9.17, 15) is 14.4 Å². The van der Waals surface area contributed by atoms with Crippen LogP contribution in [0.5, 0.6) is 0 Å². The minimum absolute atomic E-state index is 0.0802. The summed E-state index contributed by atoms with van der Waals surface area (Å²) < 4.78 is 4.77. The maximum Gasteiger partial charge on any atom is 0.260 e. The van der Waals surface area contributed by atoms with E-state index < -0.39 is 0 Å². The minimum Gasteiger partial charge on any atom is -0.364 e. The van der Waals surface area contributed by atoms with E-state index in [-0.39, 0.29) is 17.6 Å². The number of aryl methyl sites for hydroxylation is 1. The average Bonchev–Trinajstić information content (AvgIpc) is 3.25. The first-order valence-corrected chi connectivity index (χ1v) is 8.31. The van der Waals surface area contributed by atoms with Gasteiger partial charge in [0.1, 0.15) is 11.8 Å². The Hall–Kier alpha value is -3.74. The van der Waals surface area contributed by atoms with Crippen molar-refractivity contribution in [1.29, 1.82) is 0 Å². The van der Waals surface area contributed by atoms with Crippen molar-refractivity contribution >= 4 is 29.0 Å². The fourth-order valence-electron chi connectivity index (χ4n) is 2.97. The molecule has 7 nitrogen and oxygen atoms in total. The molecule has 7 heteroatoms. The van der Waals surface area contributed by atoms with Crippen molar-refractivity contribution in [2.75, 3.05) is 10.6 Å².